The van der Waals surface area contributed by atoms with Crippen LogP contribution < -0.4 is 5.32 Å². The third kappa shape index (κ3) is 0.981. The molecule has 0 aliphatic heterocycles. The fraction of sp³-hybridized carbons (Fsp3) is 1.00. The number of halogens is 1. The van der Waals surface area contributed by atoms with Gasteiger partial charge in [0, 0.05) is 12.1 Å². The summed E-state index contributed by atoms with van der Waals surface area (Å²) in [4.78, 5) is 0. The molecule has 2 atom stereocenters. The standard InChI is InChI=1S/C6H10ClN/c7-5-3-6(5)8-4-1-2-4/h4-6,8H,1-3H2. The Labute approximate surface area is 54.4 Å². The Balaban J connectivity index is 1.69. The third-order valence-electron chi connectivity index (χ3n) is 1.74. The minimum Gasteiger partial charge on any atom is -0.310 e. The van der Waals surface area contributed by atoms with Gasteiger partial charge in [-0.1, -0.05) is 0 Å². The lowest BCUT2D eigenvalue weighted by Gasteiger charge is -1.94. The van der Waals surface area contributed by atoms with Crippen LogP contribution in [0.2, 0.25) is 0 Å². The maximum absolute atomic E-state index is 5.76. The summed E-state index contributed by atoms with van der Waals surface area (Å²) >= 11 is 5.76. The van der Waals surface area contributed by atoms with E-state index in [0.29, 0.717) is 11.4 Å². The van der Waals surface area contributed by atoms with Crippen molar-refractivity contribution in [3.05, 3.63) is 0 Å². The van der Waals surface area contributed by atoms with Crippen molar-refractivity contribution in [1.82, 2.24) is 5.32 Å². The highest BCUT2D eigenvalue weighted by Crippen LogP contribution is 2.31. The van der Waals surface area contributed by atoms with Crippen molar-refractivity contribution in [2.24, 2.45) is 0 Å². The van der Waals surface area contributed by atoms with Crippen LogP contribution in [0.3, 0.4) is 0 Å². The molecule has 2 unspecified atom stereocenters. The van der Waals surface area contributed by atoms with Crippen LogP contribution in [0.1, 0.15) is 19.3 Å². The first-order valence-corrected chi connectivity index (χ1v) is 3.70. The highest BCUT2D eigenvalue weighted by Gasteiger charge is 2.38. The minimum absolute atomic E-state index is 0.454. The van der Waals surface area contributed by atoms with E-state index in [9.17, 15) is 0 Å². The van der Waals surface area contributed by atoms with Crippen molar-refractivity contribution < 1.29 is 0 Å². The van der Waals surface area contributed by atoms with Crippen LogP contribution in [0.25, 0.3) is 0 Å². The SMILES string of the molecule is ClC1CC1NC1CC1. The largest absolute Gasteiger partial charge is 0.310 e. The fourth-order valence-electron chi connectivity index (χ4n) is 0.889. The topological polar surface area (TPSA) is 12.0 Å². The number of hydrogen-bond acceptors (Lipinski definition) is 1. The molecular weight excluding hydrogens is 122 g/mol. The molecule has 0 radical (unpaired) electrons. The molecule has 2 aliphatic rings. The van der Waals surface area contributed by atoms with Gasteiger partial charge in [0.1, 0.15) is 0 Å². The molecule has 2 heteroatoms. The Hall–Kier alpha value is 0.250. The Morgan fingerprint density at radius 3 is 2.38 bits per heavy atom. The molecule has 0 bridgehead atoms. The van der Waals surface area contributed by atoms with E-state index in [1.54, 1.807) is 0 Å². The molecule has 0 amide bonds. The van der Waals surface area contributed by atoms with Gasteiger partial charge in [-0.05, 0) is 19.3 Å². The summed E-state index contributed by atoms with van der Waals surface area (Å²) in [6, 6.07) is 1.51. The van der Waals surface area contributed by atoms with Gasteiger partial charge >= 0.3 is 0 Å². The Morgan fingerprint density at radius 2 is 2.00 bits per heavy atom. The second-order valence-corrected chi connectivity index (χ2v) is 3.36. The van der Waals surface area contributed by atoms with Gasteiger partial charge in [0.05, 0.1) is 5.38 Å². The summed E-state index contributed by atoms with van der Waals surface area (Å²) in [5.41, 5.74) is 0. The van der Waals surface area contributed by atoms with E-state index in [4.69, 9.17) is 11.6 Å². The Bertz CT molecular complexity index is 101. The third-order valence-corrected chi connectivity index (χ3v) is 2.22. The summed E-state index contributed by atoms with van der Waals surface area (Å²) in [7, 11) is 0. The number of nitrogens with one attached hydrogen (secondary N) is 1. The van der Waals surface area contributed by atoms with Gasteiger partial charge in [-0.25, -0.2) is 0 Å². The number of rotatable bonds is 2. The van der Waals surface area contributed by atoms with E-state index in [1.807, 2.05) is 0 Å². The molecule has 0 aromatic carbocycles. The molecule has 8 heavy (non-hydrogen) atoms. The van der Waals surface area contributed by atoms with Gasteiger partial charge in [-0.3, -0.25) is 0 Å². The monoisotopic (exact) mass is 131 g/mol. The molecule has 2 aliphatic carbocycles. The highest BCUT2D eigenvalue weighted by molar-refractivity contribution is 6.23. The first-order chi connectivity index (χ1) is 3.86. The lowest BCUT2D eigenvalue weighted by atomic mass is 10.6. The van der Waals surface area contributed by atoms with Crippen molar-refractivity contribution in [3.63, 3.8) is 0 Å². The van der Waals surface area contributed by atoms with E-state index in [0.717, 1.165) is 6.04 Å². The summed E-state index contributed by atoms with van der Waals surface area (Å²) in [6.45, 7) is 0. The molecule has 2 rings (SSSR count). The summed E-state index contributed by atoms with van der Waals surface area (Å²) in [5.74, 6) is 0. The summed E-state index contributed by atoms with van der Waals surface area (Å²) in [6.07, 6.45) is 3.94. The molecule has 0 aromatic rings. The average Bonchev–Trinajstić information content (AvgIpc) is 2.52. The molecule has 2 saturated carbocycles. The summed E-state index contributed by atoms with van der Waals surface area (Å²) < 4.78 is 0. The summed E-state index contributed by atoms with van der Waals surface area (Å²) in [5, 5.41) is 3.90. The van der Waals surface area contributed by atoms with Gasteiger partial charge in [0.25, 0.3) is 0 Å². The van der Waals surface area contributed by atoms with Crippen LogP contribution in [-0.2, 0) is 0 Å². The quantitative estimate of drug-likeness (QED) is 0.554. The molecule has 1 nitrogen and oxygen atoms in total. The van der Waals surface area contributed by atoms with Gasteiger partial charge < -0.3 is 5.32 Å². The van der Waals surface area contributed by atoms with Crippen LogP contribution in [0, 0.1) is 0 Å². The predicted molar refractivity (Wildman–Crippen MR) is 34.2 cm³/mol. The van der Waals surface area contributed by atoms with E-state index in [-0.39, 0.29) is 0 Å². The number of alkyl halides is 1. The van der Waals surface area contributed by atoms with Crippen molar-refractivity contribution in [3.8, 4) is 0 Å². The van der Waals surface area contributed by atoms with Gasteiger partial charge in [-0.15, -0.1) is 11.6 Å². The van der Waals surface area contributed by atoms with Crippen molar-refractivity contribution in [2.75, 3.05) is 0 Å². The first-order valence-electron chi connectivity index (χ1n) is 3.26. The van der Waals surface area contributed by atoms with E-state index in [1.165, 1.54) is 19.3 Å². The highest BCUT2D eigenvalue weighted by atomic mass is 35.5. The second kappa shape index (κ2) is 1.61. The van der Waals surface area contributed by atoms with E-state index < -0.39 is 0 Å². The minimum atomic E-state index is 0.454. The van der Waals surface area contributed by atoms with Crippen molar-refractivity contribution >= 4 is 11.6 Å². The lowest BCUT2D eigenvalue weighted by Crippen LogP contribution is -2.20. The Kier molecular flexibility index (Phi) is 1.02. The van der Waals surface area contributed by atoms with Gasteiger partial charge in [0.2, 0.25) is 0 Å². The van der Waals surface area contributed by atoms with Gasteiger partial charge in [-0.2, -0.15) is 0 Å². The van der Waals surface area contributed by atoms with Crippen molar-refractivity contribution in [2.45, 2.75) is 36.7 Å². The molecule has 46 valence electrons. The molecule has 0 aromatic heterocycles. The lowest BCUT2D eigenvalue weighted by molar-refractivity contribution is 0.683. The van der Waals surface area contributed by atoms with Crippen molar-refractivity contribution in [1.29, 1.82) is 0 Å². The first kappa shape index (κ1) is 5.07. The normalized spacial score (nSPS) is 44.6. The van der Waals surface area contributed by atoms with Gasteiger partial charge in [0.15, 0.2) is 0 Å². The molecule has 0 saturated heterocycles. The average molecular weight is 132 g/mol. The predicted octanol–water partition coefficient (Wildman–Crippen LogP) is 1.12. The van der Waals surface area contributed by atoms with Crippen LogP contribution >= 0.6 is 11.6 Å². The Morgan fingerprint density at radius 1 is 1.38 bits per heavy atom. The van der Waals surface area contributed by atoms with Crippen LogP contribution in [-0.4, -0.2) is 17.5 Å². The molecule has 2 fully saturated rings. The maximum Gasteiger partial charge on any atom is 0.0505 e. The molecule has 0 heterocycles. The maximum atomic E-state index is 5.76. The molecule has 1 N–H and O–H groups in total. The fourth-order valence-corrected chi connectivity index (χ4v) is 1.15. The van der Waals surface area contributed by atoms with Crippen LogP contribution in [0.5, 0.6) is 0 Å². The second-order valence-electron chi connectivity index (χ2n) is 2.80. The van der Waals surface area contributed by atoms with E-state index in [2.05, 4.69) is 5.32 Å². The smallest absolute Gasteiger partial charge is 0.0505 e. The zero-order chi connectivity index (χ0) is 5.56. The van der Waals surface area contributed by atoms with E-state index >= 15 is 0 Å². The zero-order valence-electron chi connectivity index (χ0n) is 4.73. The zero-order valence-corrected chi connectivity index (χ0v) is 5.49. The van der Waals surface area contributed by atoms with Crippen LogP contribution in [0.4, 0.5) is 0 Å². The number of hydrogen-bond donors (Lipinski definition) is 1. The molecule has 0 spiro atoms. The van der Waals surface area contributed by atoms with Crippen LogP contribution in [0.15, 0.2) is 0 Å². The molecular formula is C6H10ClN.